The molecule has 3 aliphatic heterocycles. The Hall–Kier alpha value is -3.69. The summed E-state index contributed by atoms with van der Waals surface area (Å²) in [6, 6.07) is 16.5. The van der Waals surface area contributed by atoms with Gasteiger partial charge in [0.15, 0.2) is 5.82 Å². The number of rotatable bonds is 5. The largest absolute Gasteiger partial charge is 0.377 e. The Bertz CT molecular complexity index is 1350. The third-order valence-corrected chi connectivity index (χ3v) is 8.79. The van der Waals surface area contributed by atoms with Gasteiger partial charge < -0.3 is 30.1 Å². The molecule has 2 N–H and O–H groups in total. The van der Waals surface area contributed by atoms with Crippen LogP contribution >= 0.6 is 0 Å². The minimum Gasteiger partial charge on any atom is -0.377 e. The van der Waals surface area contributed by atoms with E-state index in [0.29, 0.717) is 12.1 Å². The summed E-state index contributed by atoms with van der Waals surface area (Å²) < 4.78 is 5.83. The highest BCUT2D eigenvalue weighted by molar-refractivity contribution is 5.99. The van der Waals surface area contributed by atoms with Crippen LogP contribution in [-0.2, 0) is 17.6 Å². The number of amides is 2. The highest BCUT2D eigenvalue weighted by atomic mass is 16.5. The van der Waals surface area contributed by atoms with Gasteiger partial charge in [-0.15, -0.1) is 0 Å². The Labute approximate surface area is 235 Å². The number of anilines is 4. The van der Waals surface area contributed by atoms with Crippen LogP contribution in [0.1, 0.15) is 30.5 Å². The highest BCUT2D eigenvalue weighted by Gasteiger charge is 2.40. The number of benzene rings is 2. The van der Waals surface area contributed by atoms with Gasteiger partial charge in [-0.3, -0.25) is 0 Å². The van der Waals surface area contributed by atoms with Gasteiger partial charge in [-0.2, -0.15) is 0 Å². The van der Waals surface area contributed by atoms with E-state index in [0.717, 1.165) is 87.2 Å². The number of hydrogen-bond donors (Lipinski definition) is 2. The number of nitrogens with zero attached hydrogens (tertiary/aromatic N) is 5. The second-order valence-electron chi connectivity index (χ2n) is 11.5. The Morgan fingerprint density at radius 2 is 1.50 bits per heavy atom. The molecule has 4 aliphatic rings. The summed E-state index contributed by atoms with van der Waals surface area (Å²) in [6.45, 7) is 5.74. The fourth-order valence-electron chi connectivity index (χ4n) is 6.55. The van der Waals surface area contributed by atoms with E-state index in [1.54, 1.807) is 0 Å². The molecule has 4 heterocycles. The van der Waals surface area contributed by atoms with E-state index in [1.807, 2.05) is 36.4 Å². The number of morpholine rings is 1. The molecule has 2 amide bonds. The Morgan fingerprint density at radius 3 is 2.17 bits per heavy atom. The lowest BCUT2D eigenvalue weighted by Crippen LogP contribution is -2.46. The summed E-state index contributed by atoms with van der Waals surface area (Å²) in [5.74, 6) is 1.88. The molecule has 9 nitrogen and oxygen atoms in total. The van der Waals surface area contributed by atoms with Gasteiger partial charge in [0.25, 0.3) is 0 Å². The number of aromatic nitrogens is 2. The summed E-state index contributed by atoms with van der Waals surface area (Å²) in [4.78, 5) is 30.0. The zero-order valence-electron chi connectivity index (χ0n) is 23.1. The van der Waals surface area contributed by atoms with Crippen molar-refractivity contribution in [1.29, 1.82) is 0 Å². The maximum absolute atomic E-state index is 12.7. The van der Waals surface area contributed by atoms with Crippen LogP contribution in [0.15, 0.2) is 48.5 Å². The molecule has 9 heteroatoms. The standard InChI is InChI=1S/C31H37N7O2/c1-36-15-17-37(18-16-36)24-11-9-23(10-12-24)33-31(39)32-22-7-5-21(6-8-22)29-34-28-4-2-3-27(28)30(35-29)38-25-13-14-26(38)20-40-19-25/h5-12,25-26H,2-4,13-20H2,1H3,(H2,32,33,39). The maximum Gasteiger partial charge on any atom is 0.323 e. The Morgan fingerprint density at radius 1 is 0.850 bits per heavy atom. The van der Waals surface area contributed by atoms with Gasteiger partial charge >= 0.3 is 6.03 Å². The molecule has 3 aromatic rings. The fraction of sp³-hybridized carbons (Fsp3) is 0.452. The fourth-order valence-corrected chi connectivity index (χ4v) is 6.55. The topological polar surface area (TPSA) is 85.9 Å². The quantitative estimate of drug-likeness (QED) is 0.497. The zero-order valence-corrected chi connectivity index (χ0v) is 23.1. The van der Waals surface area contributed by atoms with Gasteiger partial charge in [0.2, 0.25) is 0 Å². The minimum atomic E-state index is -0.265. The van der Waals surface area contributed by atoms with Crippen LogP contribution in [0.4, 0.5) is 27.7 Å². The molecule has 40 heavy (non-hydrogen) atoms. The first-order valence-corrected chi connectivity index (χ1v) is 14.6. The lowest BCUT2D eigenvalue weighted by Gasteiger charge is -2.36. The van der Waals surface area contributed by atoms with Crippen LogP contribution < -0.4 is 20.4 Å². The van der Waals surface area contributed by atoms with E-state index in [9.17, 15) is 4.79 Å². The van der Waals surface area contributed by atoms with Crippen LogP contribution in [-0.4, -0.2) is 79.4 Å². The Kier molecular flexibility index (Phi) is 6.77. The number of aryl methyl sites for hydroxylation is 1. The second kappa shape index (κ2) is 10.7. The number of fused-ring (bicyclic) bond motifs is 3. The molecular formula is C31H37N7O2. The van der Waals surface area contributed by atoms with Crippen molar-refractivity contribution in [2.75, 3.05) is 66.9 Å². The molecule has 2 atom stereocenters. The molecule has 2 unspecified atom stereocenters. The lowest BCUT2D eigenvalue weighted by molar-refractivity contribution is 0.0901. The predicted molar refractivity (Wildman–Crippen MR) is 158 cm³/mol. The van der Waals surface area contributed by atoms with Crippen LogP contribution in [0.5, 0.6) is 0 Å². The number of carbonyl (C=O) groups excluding carboxylic acids is 1. The van der Waals surface area contributed by atoms with E-state index in [2.05, 4.69) is 44.5 Å². The van der Waals surface area contributed by atoms with E-state index < -0.39 is 0 Å². The summed E-state index contributed by atoms with van der Waals surface area (Å²) >= 11 is 0. The van der Waals surface area contributed by atoms with Gasteiger partial charge in [0.1, 0.15) is 5.82 Å². The van der Waals surface area contributed by atoms with Crippen LogP contribution in [0.3, 0.4) is 0 Å². The SMILES string of the molecule is CN1CCN(c2ccc(NC(=O)Nc3ccc(-c4nc5c(c(N6C7CCC6COC7)n4)CCC5)cc3)cc2)CC1. The van der Waals surface area contributed by atoms with Crippen molar-refractivity contribution in [3.05, 3.63) is 59.8 Å². The van der Waals surface area contributed by atoms with E-state index >= 15 is 0 Å². The molecule has 1 aliphatic carbocycles. The molecule has 0 saturated carbocycles. The molecule has 2 aromatic carbocycles. The molecule has 7 rings (SSSR count). The monoisotopic (exact) mass is 539 g/mol. The van der Waals surface area contributed by atoms with Gasteiger partial charge in [-0.05, 0) is 87.7 Å². The molecule has 3 fully saturated rings. The molecule has 208 valence electrons. The van der Waals surface area contributed by atoms with Crippen LogP contribution in [0.25, 0.3) is 11.4 Å². The maximum atomic E-state index is 12.7. The molecular weight excluding hydrogens is 502 g/mol. The van der Waals surface area contributed by atoms with E-state index in [1.165, 1.54) is 29.8 Å². The van der Waals surface area contributed by atoms with Crippen LogP contribution in [0, 0.1) is 0 Å². The second-order valence-corrected chi connectivity index (χ2v) is 11.5. The molecule has 0 spiro atoms. The average molecular weight is 540 g/mol. The van der Waals surface area contributed by atoms with Gasteiger partial charge in [0.05, 0.1) is 25.3 Å². The number of hydrogen-bond acceptors (Lipinski definition) is 7. The molecule has 1 aromatic heterocycles. The number of carbonyl (C=O) groups is 1. The number of piperazine rings is 1. The van der Waals surface area contributed by atoms with Crippen molar-refractivity contribution in [1.82, 2.24) is 14.9 Å². The first-order valence-electron chi connectivity index (χ1n) is 14.6. The average Bonchev–Trinajstić information content (AvgIpc) is 3.55. The molecule has 2 bridgehead atoms. The van der Waals surface area contributed by atoms with Crippen molar-refractivity contribution in [3.8, 4) is 11.4 Å². The van der Waals surface area contributed by atoms with Crippen molar-refractivity contribution in [2.24, 2.45) is 0 Å². The minimum absolute atomic E-state index is 0.265. The first-order chi connectivity index (χ1) is 19.6. The van der Waals surface area contributed by atoms with Gasteiger partial charge in [0, 0.05) is 60.1 Å². The summed E-state index contributed by atoms with van der Waals surface area (Å²) in [7, 11) is 2.16. The summed E-state index contributed by atoms with van der Waals surface area (Å²) in [6.07, 6.45) is 5.53. The normalized spacial score (nSPS) is 22.3. The summed E-state index contributed by atoms with van der Waals surface area (Å²) in [5.41, 5.74) is 6.15. The molecule has 0 radical (unpaired) electrons. The predicted octanol–water partition coefficient (Wildman–Crippen LogP) is 4.40. The number of nitrogens with one attached hydrogen (secondary N) is 2. The Balaban J connectivity index is 1.02. The summed E-state index contributed by atoms with van der Waals surface area (Å²) in [5, 5.41) is 5.89. The van der Waals surface area contributed by atoms with Gasteiger partial charge in [-0.25, -0.2) is 14.8 Å². The van der Waals surface area contributed by atoms with Crippen LogP contribution in [0.2, 0.25) is 0 Å². The number of ether oxygens (including phenoxy) is 1. The smallest absolute Gasteiger partial charge is 0.323 e. The lowest BCUT2D eigenvalue weighted by atomic mass is 10.1. The van der Waals surface area contributed by atoms with Crippen molar-refractivity contribution < 1.29 is 9.53 Å². The van der Waals surface area contributed by atoms with E-state index in [-0.39, 0.29) is 6.03 Å². The van der Waals surface area contributed by atoms with Crippen molar-refractivity contribution in [3.63, 3.8) is 0 Å². The third kappa shape index (κ3) is 4.99. The number of urea groups is 1. The number of likely N-dealkylation sites (N-methyl/N-ethyl adjacent to an activating group) is 1. The van der Waals surface area contributed by atoms with Crippen molar-refractivity contribution in [2.45, 2.75) is 44.2 Å². The first kappa shape index (κ1) is 25.3. The highest BCUT2D eigenvalue weighted by Crippen LogP contribution is 2.39. The molecule has 3 saturated heterocycles. The van der Waals surface area contributed by atoms with Gasteiger partial charge in [-0.1, -0.05) is 0 Å². The van der Waals surface area contributed by atoms with E-state index in [4.69, 9.17) is 14.7 Å². The third-order valence-electron chi connectivity index (χ3n) is 8.79. The zero-order chi connectivity index (χ0) is 27.1. The van der Waals surface area contributed by atoms with Crippen molar-refractivity contribution >= 4 is 28.9 Å².